The first-order valence-corrected chi connectivity index (χ1v) is 7.03. The number of aromatic amines is 1. The standard InChI is InChI=1S/C16H20FN3O/c1-10(16-11(2)19-20-12(16)3)18-15(21)9-8-13-6-4-5-7-14(13)17/h4-7,10H,8-9H2,1-3H3,(H,18,21)(H,19,20)/t10-/m1/s1. The number of aryl methyl sites for hydroxylation is 3. The second-order valence-corrected chi connectivity index (χ2v) is 5.23. The summed E-state index contributed by atoms with van der Waals surface area (Å²) in [5, 5.41) is 9.96. The van der Waals surface area contributed by atoms with Crippen molar-refractivity contribution in [3.05, 3.63) is 52.6 Å². The predicted octanol–water partition coefficient (Wildman–Crippen LogP) is 2.98. The van der Waals surface area contributed by atoms with Gasteiger partial charge in [0.15, 0.2) is 0 Å². The van der Waals surface area contributed by atoms with E-state index in [4.69, 9.17) is 0 Å². The van der Waals surface area contributed by atoms with Crippen LogP contribution in [0.5, 0.6) is 0 Å². The van der Waals surface area contributed by atoms with Crippen LogP contribution in [0.15, 0.2) is 24.3 Å². The Hall–Kier alpha value is -2.17. The summed E-state index contributed by atoms with van der Waals surface area (Å²) in [4.78, 5) is 12.0. The molecule has 0 saturated heterocycles. The highest BCUT2D eigenvalue weighted by atomic mass is 19.1. The third-order valence-electron chi connectivity index (χ3n) is 3.57. The quantitative estimate of drug-likeness (QED) is 0.889. The van der Waals surface area contributed by atoms with Crippen molar-refractivity contribution in [2.75, 3.05) is 0 Å². The molecular formula is C16H20FN3O. The molecule has 0 radical (unpaired) electrons. The normalized spacial score (nSPS) is 12.2. The van der Waals surface area contributed by atoms with Gasteiger partial charge in [-0.1, -0.05) is 18.2 Å². The number of H-pyrrole nitrogens is 1. The number of rotatable bonds is 5. The summed E-state index contributed by atoms with van der Waals surface area (Å²) >= 11 is 0. The molecule has 2 N–H and O–H groups in total. The molecule has 1 aromatic carbocycles. The molecule has 0 aliphatic carbocycles. The van der Waals surface area contributed by atoms with Crippen molar-refractivity contribution < 1.29 is 9.18 Å². The third kappa shape index (κ3) is 3.68. The van der Waals surface area contributed by atoms with E-state index in [1.165, 1.54) is 6.07 Å². The molecule has 0 saturated carbocycles. The predicted molar refractivity (Wildman–Crippen MR) is 79.3 cm³/mol. The third-order valence-corrected chi connectivity index (χ3v) is 3.57. The highest BCUT2D eigenvalue weighted by Gasteiger charge is 2.16. The van der Waals surface area contributed by atoms with Crippen molar-refractivity contribution >= 4 is 5.91 Å². The number of benzene rings is 1. The van der Waals surface area contributed by atoms with Crippen LogP contribution in [0.3, 0.4) is 0 Å². The fourth-order valence-electron chi connectivity index (χ4n) is 2.53. The topological polar surface area (TPSA) is 57.8 Å². The van der Waals surface area contributed by atoms with Crippen molar-refractivity contribution in [3.63, 3.8) is 0 Å². The summed E-state index contributed by atoms with van der Waals surface area (Å²) in [5.41, 5.74) is 3.41. The zero-order chi connectivity index (χ0) is 15.4. The van der Waals surface area contributed by atoms with E-state index in [-0.39, 0.29) is 24.2 Å². The number of hydrogen-bond donors (Lipinski definition) is 2. The Bertz CT molecular complexity index is 617. The van der Waals surface area contributed by atoms with E-state index in [1.54, 1.807) is 18.2 Å². The minimum atomic E-state index is -0.264. The first kappa shape index (κ1) is 15.2. The molecule has 0 bridgehead atoms. The maximum atomic E-state index is 13.5. The molecule has 0 fully saturated rings. The van der Waals surface area contributed by atoms with Gasteiger partial charge in [-0.15, -0.1) is 0 Å². The summed E-state index contributed by atoms with van der Waals surface area (Å²) in [6, 6.07) is 6.42. The van der Waals surface area contributed by atoms with Crippen LogP contribution >= 0.6 is 0 Å². The Balaban J connectivity index is 1.92. The maximum Gasteiger partial charge on any atom is 0.220 e. The lowest BCUT2D eigenvalue weighted by atomic mass is 10.1. The summed E-state index contributed by atoms with van der Waals surface area (Å²) in [5.74, 6) is -0.356. The van der Waals surface area contributed by atoms with E-state index < -0.39 is 0 Å². The van der Waals surface area contributed by atoms with Crippen molar-refractivity contribution in [2.24, 2.45) is 0 Å². The van der Waals surface area contributed by atoms with E-state index in [1.807, 2.05) is 20.8 Å². The van der Waals surface area contributed by atoms with Gasteiger partial charge in [-0.25, -0.2) is 4.39 Å². The second kappa shape index (κ2) is 6.52. The summed E-state index contributed by atoms with van der Waals surface area (Å²) < 4.78 is 13.5. The Labute approximate surface area is 123 Å². The number of aromatic nitrogens is 2. The Morgan fingerprint density at radius 3 is 2.71 bits per heavy atom. The summed E-state index contributed by atoms with van der Waals surface area (Å²) in [6.07, 6.45) is 0.662. The van der Waals surface area contributed by atoms with Crippen LogP contribution in [0.2, 0.25) is 0 Å². The smallest absolute Gasteiger partial charge is 0.220 e. The van der Waals surface area contributed by atoms with Crippen LogP contribution in [-0.4, -0.2) is 16.1 Å². The number of carbonyl (C=O) groups excluding carboxylic acids is 1. The van der Waals surface area contributed by atoms with E-state index in [2.05, 4.69) is 15.5 Å². The van der Waals surface area contributed by atoms with Gasteiger partial charge in [-0.3, -0.25) is 9.89 Å². The number of nitrogens with zero attached hydrogens (tertiary/aromatic N) is 1. The zero-order valence-corrected chi connectivity index (χ0v) is 12.5. The number of halogens is 1. The SMILES string of the molecule is Cc1n[nH]c(C)c1[C@@H](C)NC(=O)CCc1ccccc1F. The number of nitrogens with one attached hydrogen (secondary N) is 2. The average molecular weight is 289 g/mol. The van der Waals surface area contributed by atoms with Gasteiger partial charge in [0.1, 0.15) is 5.82 Å². The zero-order valence-electron chi connectivity index (χ0n) is 12.5. The molecule has 5 heteroatoms. The van der Waals surface area contributed by atoms with Crippen LogP contribution in [0.25, 0.3) is 0 Å². The number of carbonyl (C=O) groups is 1. The molecule has 21 heavy (non-hydrogen) atoms. The first-order chi connectivity index (χ1) is 9.99. The lowest BCUT2D eigenvalue weighted by Gasteiger charge is -2.14. The minimum absolute atomic E-state index is 0.0919. The van der Waals surface area contributed by atoms with Gasteiger partial charge in [-0.05, 0) is 38.8 Å². The molecule has 4 nitrogen and oxygen atoms in total. The van der Waals surface area contributed by atoms with Gasteiger partial charge >= 0.3 is 0 Å². The minimum Gasteiger partial charge on any atom is -0.349 e. The molecular weight excluding hydrogens is 269 g/mol. The fraction of sp³-hybridized carbons (Fsp3) is 0.375. The van der Waals surface area contributed by atoms with E-state index in [0.717, 1.165) is 17.0 Å². The monoisotopic (exact) mass is 289 g/mol. The van der Waals surface area contributed by atoms with Crippen LogP contribution in [0.1, 0.15) is 41.9 Å². The van der Waals surface area contributed by atoms with E-state index in [9.17, 15) is 9.18 Å². The molecule has 1 atom stereocenters. The maximum absolute atomic E-state index is 13.5. The Morgan fingerprint density at radius 2 is 2.10 bits per heavy atom. The highest BCUT2D eigenvalue weighted by molar-refractivity contribution is 5.76. The average Bonchev–Trinajstić information content (AvgIpc) is 2.77. The van der Waals surface area contributed by atoms with Gasteiger partial charge in [-0.2, -0.15) is 5.10 Å². The number of amides is 1. The molecule has 2 aromatic rings. The van der Waals surface area contributed by atoms with E-state index >= 15 is 0 Å². The highest BCUT2D eigenvalue weighted by Crippen LogP contribution is 2.19. The second-order valence-electron chi connectivity index (χ2n) is 5.23. The van der Waals surface area contributed by atoms with Crippen LogP contribution < -0.4 is 5.32 Å². The van der Waals surface area contributed by atoms with Gasteiger partial charge in [0, 0.05) is 17.7 Å². The molecule has 112 valence electrons. The first-order valence-electron chi connectivity index (χ1n) is 7.03. The van der Waals surface area contributed by atoms with Crippen LogP contribution in [-0.2, 0) is 11.2 Å². The molecule has 0 unspecified atom stereocenters. The number of hydrogen-bond acceptors (Lipinski definition) is 2. The van der Waals surface area contributed by atoms with Gasteiger partial charge in [0.2, 0.25) is 5.91 Å². The fourth-order valence-corrected chi connectivity index (χ4v) is 2.53. The van der Waals surface area contributed by atoms with Crippen molar-refractivity contribution in [1.29, 1.82) is 0 Å². The Kier molecular flexibility index (Phi) is 4.73. The van der Waals surface area contributed by atoms with Crippen molar-refractivity contribution in [2.45, 2.75) is 39.7 Å². The molecule has 0 aliphatic rings. The molecule has 1 aromatic heterocycles. The van der Waals surface area contributed by atoms with Crippen molar-refractivity contribution in [1.82, 2.24) is 15.5 Å². The van der Waals surface area contributed by atoms with Crippen molar-refractivity contribution in [3.8, 4) is 0 Å². The molecule has 0 spiro atoms. The summed E-state index contributed by atoms with van der Waals surface area (Å²) in [6.45, 7) is 5.75. The molecule has 1 heterocycles. The Morgan fingerprint density at radius 1 is 1.38 bits per heavy atom. The van der Waals surface area contributed by atoms with Gasteiger partial charge < -0.3 is 5.32 Å². The van der Waals surface area contributed by atoms with E-state index in [0.29, 0.717) is 12.0 Å². The van der Waals surface area contributed by atoms with Crippen LogP contribution in [0.4, 0.5) is 4.39 Å². The largest absolute Gasteiger partial charge is 0.349 e. The lowest BCUT2D eigenvalue weighted by Crippen LogP contribution is -2.27. The summed E-state index contributed by atoms with van der Waals surface area (Å²) in [7, 11) is 0. The molecule has 0 aliphatic heterocycles. The van der Waals surface area contributed by atoms with Gasteiger partial charge in [0.05, 0.1) is 11.7 Å². The lowest BCUT2D eigenvalue weighted by molar-refractivity contribution is -0.121. The molecule has 2 rings (SSSR count). The molecule has 1 amide bonds. The van der Waals surface area contributed by atoms with Gasteiger partial charge in [0.25, 0.3) is 0 Å². The van der Waals surface area contributed by atoms with Crippen LogP contribution in [0, 0.1) is 19.7 Å².